The third-order valence-electron chi connectivity index (χ3n) is 16.6. The van der Waals surface area contributed by atoms with Crippen LogP contribution in [0.1, 0.15) is 78.6 Å². The summed E-state index contributed by atoms with van der Waals surface area (Å²) in [6.45, 7) is 4.08. The molecule has 1 aliphatic heterocycles. The third-order valence-corrected chi connectivity index (χ3v) is 22.7. The van der Waals surface area contributed by atoms with E-state index in [-0.39, 0.29) is 21.8 Å². The lowest BCUT2D eigenvalue weighted by atomic mass is 9.49. The molecule has 1 heterocycles. The van der Waals surface area contributed by atoms with Crippen LogP contribution < -0.4 is 0 Å². The van der Waals surface area contributed by atoms with Gasteiger partial charge >= 0.3 is 23.2 Å². The number of rotatable bonds is 16. The molecule has 19 heteroatoms. The largest absolute Gasteiger partial charge is 0.748 e. The standard InChI is InChI=1S/2C18H15S.C15H21F3O5S.C12H18O7S/c2*1-4-10-16(11-5-1)19(17-12-6-2-7-13-17)18-14-8-3-9-15-18;16-12(15(17,18)24(20,21)22)1-2-23-13(19)14-6-9-3-10(7-14)5-11(4-9)8-14;1-10(2)11(3)4-5-12(10,19-8(11)13)9(14)18-6-7-20(15,16)17/h2*1-15H;9-12H,1-8H2,(H,20,21,22);4-7H2,1-3H3,(H,15,16,17)/q2*+1;;/p-2. The van der Waals surface area contributed by atoms with Gasteiger partial charge in [0, 0.05) is 11.8 Å². The van der Waals surface area contributed by atoms with Crippen molar-refractivity contribution in [1.29, 1.82) is 0 Å². The van der Waals surface area contributed by atoms with E-state index in [1.807, 2.05) is 0 Å². The van der Waals surface area contributed by atoms with Gasteiger partial charge in [0.15, 0.2) is 45.7 Å². The van der Waals surface area contributed by atoms with Gasteiger partial charge in [-0.15, -0.1) is 0 Å². The molecule has 1 saturated heterocycles. The minimum Gasteiger partial charge on any atom is -0.748 e. The molecule has 6 aromatic rings. The number of carbonyl (C=O) groups is 3. The summed E-state index contributed by atoms with van der Waals surface area (Å²) in [7, 11) is -10.6. The van der Waals surface area contributed by atoms with E-state index in [4.69, 9.17) is 14.2 Å². The molecule has 6 aliphatic rings. The Morgan fingerprint density at radius 3 is 1.18 bits per heavy atom. The molecule has 5 saturated carbocycles. The van der Waals surface area contributed by atoms with Crippen LogP contribution in [0.25, 0.3) is 0 Å². The van der Waals surface area contributed by atoms with Crippen LogP contribution in [-0.4, -0.2) is 79.8 Å². The van der Waals surface area contributed by atoms with Crippen LogP contribution in [0.5, 0.6) is 0 Å². The predicted molar refractivity (Wildman–Crippen MR) is 304 cm³/mol. The maximum absolute atomic E-state index is 13.4. The summed E-state index contributed by atoms with van der Waals surface area (Å²) in [6.07, 6.45) is 2.16. The lowest BCUT2D eigenvalue weighted by molar-refractivity contribution is -0.182. The second-order valence-electron chi connectivity index (χ2n) is 22.2. The van der Waals surface area contributed by atoms with Gasteiger partial charge in [0.25, 0.3) is 0 Å². The van der Waals surface area contributed by atoms with Crippen molar-refractivity contribution in [3.8, 4) is 0 Å². The number of hydrogen-bond acceptors (Lipinski definition) is 12. The monoisotopic (exact) mass is 1200 g/mol. The molecule has 436 valence electrons. The fraction of sp³-hybridized carbons (Fsp3) is 0.381. The summed E-state index contributed by atoms with van der Waals surface area (Å²) >= 11 is 0. The van der Waals surface area contributed by atoms with Crippen molar-refractivity contribution in [2.24, 2.45) is 34.0 Å². The zero-order chi connectivity index (χ0) is 59.0. The number of halogens is 3. The van der Waals surface area contributed by atoms with Crippen LogP contribution in [0.3, 0.4) is 0 Å². The van der Waals surface area contributed by atoms with Gasteiger partial charge in [-0.25, -0.2) is 26.0 Å². The number of carbonyl (C=O) groups excluding carboxylic acids is 3. The molecule has 82 heavy (non-hydrogen) atoms. The highest BCUT2D eigenvalue weighted by Crippen LogP contribution is 2.66. The SMILES string of the molecule is CC12CCC(C(=O)OCCS(=O)(=O)[O-])(OC1=O)C2(C)C.O=C(OCCC(F)C(F)(F)S(=O)(=O)[O-])C12CC3CC(CC(C3)C1)C2.c1ccc([S+](c2ccccc2)c2ccccc2)cc1.c1ccc([S+](c2ccccc2)c2ccccc2)cc1. The first-order chi connectivity index (χ1) is 38.9. The smallest absolute Gasteiger partial charge is 0.364 e. The van der Waals surface area contributed by atoms with E-state index in [1.165, 1.54) is 29.4 Å². The Morgan fingerprint density at radius 2 is 0.902 bits per heavy atom. The minimum absolute atomic E-state index is 0.0146. The van der Waals surface area contributed by atoms with Gasteiger partial charge < -0.3 is 23.3 Å². The first kappa shape index (κ1) is 62.1. The van der Waals surface area contributed by atoms with E-state index in [2.05, 4.69) is 182 Å². The van der Waals surface area contributed by atoms with E-state index in [0.717, 1.165) is 38.5 Å². The Balaban J connectivity index is 0.000000144. The highest BCUT2D eigenvalue weighted by molar-refractivity contribution is 7.97. The molecule has 3 unspecified atom stereocenters. The van der Waals surface area contributed by atoms with Crippen LogP contribution in [0.2, 0.25) is 0 Å². The van der Waals surface area contributed by atoms with Crippen molar-refractivity contribution in [2.45, 2.75) is 125 Å². The predicted octanol–water partition coefficient (Wildman–Crippen LogP) is 12.4. The van der Waals surface area contributed by atoms with E-state index in [9.17, 15) is 53.5 Å². The highest BCUT2D eigenvalue weighted by Gasteiger charge is 2.76. The fourth-order valence-corrected chi connectivity index (χ4v) is 17.2. The summed E-state index contributed by atoms with van der Waals surface area (Å²) in [4.78, 5) is 44.7. The molecule has 0 radical (unpaired) electrons. The number of ether oxygens (including phenoxy) is 3. The van der Waals surface area contributed by atoms with Gasteiger partial charge in [0.05, 0.1) is 55.1 Å². The molecule has 0 spiro atoms. The Hall–Kier alpha value is -5.96. The second-order valence-corrected chi connectivity index (χ2v) is 29.2. The first-order valence-electron chi connectivity index (χ1n) is 27.2. The van der Waals surface area contributed by atoms with Crippen molar-refractivity contribution < 1.29 is 67.7 Å². The zero-order valence-corrected chi connectivity index (χ0v) is 49.0. The Kier molecular flexibility index (Phi) is 19.6. The maximum Gasteiger partial charge on any atom is 0.364 e. The molecule has 0 N–H and O–H groups in total. The second kappa shape index (κ2) is 25.9. The Bertz CT molecular complexity index is 2990. The van der Waals surface area contributed by atoms with E-state index < -0.39 is 96.8 Å². The minimum atomic E-state index is -6.09. The van der Waals surface area contributed by atoms with E-state index in [0.29, 0.717) is 30.6 Å². The van der Waals surface area contributed by atoms with Crippen LogP contribution in [0, 0.1) is 34.0 Å². The molecule has 6 aromatic carbocycles. The highest BCUT2D eigenvalue weighted by atomic mass is 32.2. The topological polar surface area (TPSA) is 193 Å². The van der Waals surface area contributed by atoms with Crippen LogP contribution >= 0.6 is 0 Å². The van der Waals surface area contributed by atoms with Crippen LogP contribution in [0.4, 0.5) is 13.2 Å². The van der Waals surface area contributed by atoms with Crippen molar-refractivity contribution in [3.63, 3.8) is 0 Å². The Morgan fingerprint density at radius 1 is 0.573 bits per heavy atom. The first-order valence-corrected chi connectivity index (χ1v) is 32.6. The summed E-state index contributed by atoms with van der Waals surface area (Å²) in [5.41, 5.74) is -3.47. The maximum atomic E-state index is 13.4. The summed E-state index contributed by atoms with van der Waals surface area (Å²) in [5, 5.41) is -5.01. The lowest BCUT2D eigenvalue weighted by Gasteiger charge is -2.55. The van der Waals surface area contributed by atoms with Crippen molar-refractivity contribution >= 4 is 59.9 Å². The average molecular weight is 1200 g/mol. The molecule has 3 atom stereocenters. The number of fused-ring (bicyclic) bond motifs is 2. The average Bonchev–Trinajstić information content (AvgIpc) is 1.64. The number of hydrogen-bond donors (Lipinski definition) is 0. The molecule has 6 bridgehead atoms. The summed E-state index contributed by atoms with van der Waals surface area (Å²) < 4.78 is 117. The van der Waals surface area contributed by atoms with Crippen LogP contribution in [0.15, 0.2) is 211 Å². The van der Waals surface area contributed by atoms with Gasteiger partial charge in [-0.3, -0.25) is 9.59 Å². The quantitative estimate of drug-likeness (QED) is 0.0386. The molecule has 0 aromatic heterocycles. The van der Waals surface area contributed by atoms with E-state index >= 15 is 0 Å². The molecular weight excluding hydrogens is 1130 g/mol. The number of esters is 3. The lowest BCUT2D eigenvalue weighted by Crippen LogP contribution is -2.50. The molecule has 12 rings (SSSR count). The van der Waals surface area contributed by atoms with Gasteiger partial charge in [0.1, 0.15) is 6.61 Å². The summed E-state index contributed by atoms with van der Waals surface area (Å²) in [6, 6.07) is 64.3. The van der Waals surface area contributed by atoms with Crippen LogP contribution in [-0.2, 0) is 70.6 Å². The Labute approximate surface area is 484 Å². The molecular formula is C63H67F3O12S4. The van der Waals surface area contributed by atoms with Crippen molar-refractivity contribution in [2.75, 3.05) is 19.0 Å². The van der Waals surface area contributed by atoms with E-state index in [1.54, 1.807) is 20.8 Å². The molecule has 0 amide bonds. The van der Waals surface area contributed by atoms with Crippen molar-refractivity contribution in [1.82, 2.24) is 0 Å². The van der Waals surface area contributed by atoms with Gasteiger partial charge in [-0.05, 0) is 149 Å². The third kappa shape index (κ3) is 13.8. The number of benzene rings is 6. The molecule has 5 aliphatic carbocycles. The molecule has 6 fully saturated rings. The van der Waals surface area contributed by atoms with Crippen molar-refractivity contribution in [3.05, 3.63) is 182 Å². The van der Waals surface area contributed by atoms with Gasteiger partial charge in [0.2, 0.25) is 5.60 Å². The molecule has 12 nitrogen and oxygen atoms in total. The van der Waals surface area contributed by atoms with Gasteiger partial charge in [-0.1, -0.05) is 123 Å². The normalized spacial score (nSPS) is 24.1. The zero-order valence-electron chi connectivity index (χ0n) is 45.8. The number of alkyl halides is 3. The van der Waals surface area contributed by atoms with Gasteiger partial charge in [-0.2, -0.15) is 8.78 Å². The summed E-state index contributed by atoms with van der Waals surface area (Å²) in [5.74, 6) is -1.03. The fourth-order valence-electron chi connectivity index (χ4n) is 12.3.